The van der Waals surface area contributed by atoms with Gasteiger partial charge in [0.15, 0.2) is 0 Å². The van der Waals surface area contributed by atoms with Crippen molar-refractivity contribution in [1.29, 1.82) is 0 Å². The molecule has 0 radical (unpaired) electrons. The molecule has 2 aromatic rings. The van der Waals surface area contributed by atoms with E-state index in [-0.39, 0.29) is 23.0 Å². The molecule has 0 aromatic heterocycles. The Labute approximate surface area is 122 Å². The van der Waals surface area contributed by atoms with Crippen molar-refractivity contribution in [2.24, 2.45) is 0 Å². The fourth-order valence-corrected chi connectivity index (χ4v) is 2.66. The number of phenolic OH excluding ortho intramolecular Hbond substituents is 2. The number of hydrogen-bond acceptors (Lipinski definition) is 4. The summed E-state index contributed by atoms with van der Waals surface area (Å²) in [5, 5.41) is 19.6. The van der Waals surface area contributed by atoms with Crippen LogP contribution in [-0.4, -0.2) is 27.6 Å². The van der Waals surface area contributed by atoms with Gasteiger partial charge in [-0.05, 0) is 41.8 Å². The zero-order chi connectivity index (χ0) is 15.0. The van der Waals surface area contributed by atoms with Gasteiger partial charge in [-0.1, -0.05) is 12.1 Å². The fourth-order valence-electron chi connectivity index (χ4n) is 2.66. The Morgan fingerprint density at radius 1 is 1.10 bits per heavy atom. The van der Waals surface area contributed by atoms with Gasteiger partial charge < -0.3 is 20.8 Å². The van der Waals surface area contributed by atoms with Crippen molar-refractivity contribution in [3.63, 3.8) is 0 Å². The highest BCUT2D eigenvalue weighted by Crippen LogP contribution is 2.30. The van der Waals surface area contributed by atoms with E-state index in [1.54, 1.807) is 4.90 Å². The van der Waals surface area contributed by atoms with Gasteiger partial charge in [0, 0.05) is 18.8 Å². The van der Waals surface area contributed by atoms with Gasteiger partial charge >= 0.3 is 0 Å². The third-order valence-electron chi connectivity index (χ3n) is 3.76. The van der Waals surface area contributed by atoms with E-state index in [0.29, 0.717) is 18.8 Å². The smallest absolute Gasteiger partial charge is 0.261 e. The largest absolute Gasteiger partial charge is 0.507 e. The second kappa shape index (κ2) is 5.01. The number of carbonyl (C=O) groups excluding carboxylic acids is 1. The van der Waals surface area contributed by atoms with E-state index in [9.17, 15) is 15.0 Å². The van der Waals surface area contributed by atoms with Crippen molar-refractivity contribution in [3.8, 4) is 11.5 Å². The molecule has 1 aliphatic rings. The van der Waals surface area contributed by atoms with Crippen molar-refractivity contribution in [2.45, 2.75) is 13.0 Å². The van der Waals surface area contributed by atoms with Gasteiger partial charge in [0.2, 0.25) is 0 Å². The molecule has 3 rings (SSSR count). The Morgan fingerprint density at radius 3 is 2.52 bits per heavy atom. The molecular weight excluding hydrogens is 268 g/mol. The van der Waals surface area contributed by atoms with Crippen LogP contribution in [0.15, 0.2) is 36.4 Å². The first-order chi connectivity index (χ1) is 10.1. The first-order valence-corrected chi connectivity index (χ1v) is 6.74. The van der Waals surface area contributed by atoms with Crippen LogP contribution in [0.3, 0.4) is 0 Å². The summed E-state index contributed by atoms with van der Waals surface area (Å²) in [7, 11) is 0. The lowest BCUT2D eigenvalue weighted by molar-refractivity contribution is 0.0728. The highest BCUT2D eigenvalue weighted by atomic mass is 16.3. The van der Waals surface area contributed by atoms with Crippen molar-refractivity contribution in [3.05, 3.63) is 53.1 Å². The molecule has 0 saturated heterocycles. The number of phenols is 2. The van der Waals surface area contributed by atoms with Gasteiger partial charge in [-0.25, -0.2) is 0 Å². The zero-order valence-electron chi connectivity index (χ0n) is 11.4. The van der Waals surface area contributed by atoms with E-state index in [4.69, 9.17) is 5.73 Å². The van der Waals surface area contributed by atoms with E-state index in [1.807, 2.05) is 18.2 Å². The molecule has 5 heteroatoms. The second-order valence-corrected chi connectivity index (χ2v) is 5.18. The van der Waals surface area contributed by atoms with Crippen molar-refractivity contribution in [1.82, 2.24) is 4.90 Å². The van der Waals surface area contributed by atoms with Gasteiger partial charge in [0.1, 0.15) is 17.1 Å². The van der Waals surface area contributed by atoms with E-state index < -0.39 is 0 Å². The van der Waals surface area contributed by atoms with Crippen molar-refractivity contribution >= 4 is 11.6 Å². The second-order valence-electron chi connectivity index (χ2n) is 5.18. The van der Waals surface area contributed by atoms with Crippen LogP contribution >= 0.6 is 0 Å². The maximum absolute atomic E-state index is 12.5. The standard InChI is InChI=1S/C16H16N2O3/c17-12-5-4-10-6-7-18(9-11(10)8-12)16(21)15-13(19)2-1-3-14(15)20/h1-5,8,19-20H,6-7,9,17H2. The molecule has 0 fully saturated rings. The molecule has 2 aromatic carbocycles. The van der Waals surface area contributed by atoms with Crippen LogP contribution in [0.25, 0.3) is 0 Å². The quantitative estimate of drug-likeness (QED) is 0.698. The molecule has 1 heterocycles. The van der Waals surface area contributed by atoms with Gasteiger partial charge in [0.05, 0.1) is 0 Å². The summed E-state index contributed by atoms with van der Waals surface area (Å²) in [4.78, 5) is 14.1. The Hall–Kier alpha value is -2.69. The molecule has 0 aliphatic carbocycles. The minimum atomic E-state index is -0.376. The fraction of sp³-hybridized carbons (Fsp3) is 0.188. The maximum atomic E-state index is 12.5. The molecule has 0 spiro atoms. The molecule has 108 valence electrons. The molecule has 21 heavy (non-hydrogen) atoms. The summed E-state index contributed by atoms with van der Waals surface area (Å²) >= 11 is 0. The number of fused-ring (bicyclic) bond motifs is 1. The van der Waals surface area contributed by atoms with Gasteiger partial charge in [0.25, 0.3) is 5.91 Å². The maximum Gasteiger partial charge on any atom is 0.261 e. The average molecular weight is 284 g/mol. The number of benzene rings is 2. The molecule has 0 unspecified atom stereocenters. The highest BCUT2D eigenvalue weighted by molar-refractivity contribution is 5.99. The van der Waals surface area contributed by atoms with Crippen LogP contribution in [0, 0.1) is 0 Å². The van der Waals surface area contributed by atoms with Gasteiger partial charge in [-0.3, -0.25) is 4.79 Å². The molecule has 0 atom stereocenters. The summed E-state index contributed by atoms with van der Waals surface area (Å²) in [5.41, 5.74) is 8.57. The van der Waals surface area contributed by atoms with E-state index in [1.165, 1.54) is 23.8 Å². The molecule has 5 nitrogen and oxygen atoms in total. The minimum absolute atomic E-state index is 0.0511. The van der Waals surface area contributed by atoms with Gasteiger partial charge in [-0.2, -0.15) is 0 Å². The Bertz CT molecular complexity index is 692. The summed E-state index contributed by atoms with van der Waals surface area (Å²) in [6.07, 6.45) is 0.732. The molecule has 1 aliphatic heterocycles. The van der Waals surface area contributed by atoms with Crippen LogP contribution in [-0.2, 0) is 13.0 Å². The summed E-state index contributed by atoms with van der Waals surface area (Å²) in [6.45, 7) is 0.969. The molecule has 4 N–H and O–H groups in total. The van der Waals surface area contributed by atoms with Crippen molar-refractivity contribution in [2.75, 3.05) is 12.3 Å². The van der Waals surface area contributed by atoms with Crippen LogP contribution in [0.4, 0.5) is 5.69 Å². The number of aromatic hydroxyl groups is 2. The number of nitrogen functional groups attached to an aromatic ring is 1. The number of hydrogen-bond donors (Lipinski definition) is 3. The Balaban J connectivity index is 1.91. The third-order valence-corrected chi connectivity index (χ3v) is 3.76. The minimum Gasteiger partial charge on any atom is -0.507 e. The monoisotopic (exact) mass is 284 g/mol. The van der Waals surface area contributed by atoms with E-state index >= 15 is 0 Å². The summed E-state index contributed by atoms with van der Waals surface area (Å²) in [5.74, 6) is -0.796. The lowest BCUT2D eigenvalue weighted by Gasteiger charge is -2.29. The number of amides is 1. The predicted molar refractivity (Wildman–Crippen MR) is 79.1 cm³/mol. The number of carbonyl (C=O) groups is 1. The lowest BCUT2D eigenvalue weighted by atomic mass is 9.98. The number of nitrogens with two attached hydrogens (primary N) is 1. The third kappa shape index (κ3) is 2.38. The molecule has 1 amide bonds. The molecule has 0 saturated carbocycles. The topological polar surface area (TPSA) is 86.8 Å². The first-order valence-electron chi connectivity index (χ1n) is 6.74. The number of nitrogens with zero attached hydrogens (tertiary/aromatic N) is 1. The predicted octanol–water partition coefficient (Wildman–Crippen LogP) is 1.88. The molecular formula is C16H16N2O3. The highest BCUT2D eigenvalue weighted by Gasteiger charge is 2.25. The number of rotatable bonds is 1. The Morgan fingerprint density at radius 2 is 1.81 bits per heavy atom. The van der Waals surface area contributed by atoms with E-state index in [2.05, 4.69) is 0 Å². The zero-order valence-corrected chi connectivity index (χ0v) is 11.4. The Kier molecular flexibility index (Phi) is 3.17. The lowest BCUT2D eigenvalue weighted by Crippen LogP contribution is -2.36. The van der Waals surface area contributed by atoms with Crippen LogP contribution in [0.5, 0.6) is 11.5 Å². The van der Waals surface area contributed by atoms with E-state index in [0.717, 1.165) is 12.0 Å². The first kappa shape index (κ1) is 13.3. The van der Waals surface area contributed by atoms with Crippen LogP contribution < -0.4 is 5.73 Å². The molecule has 0 bridgehead atoms. The van der Waals surface area contributed by atoms with Crippen LogP contribution in [0.2, 0.25) is 0 Å². The van der Waals surface area contributed by atoms with Gasteiger partial charge in [-0.15, -0.1) is 0 Å². The SMILES string of the molecule is Nc1ccc2c(c1)CN(C(=O)c1c(O)cccc1O)CC2. The summed E-state index contributed by atoms with van der Waals surface area (Å²) in [6, 6.07) is 9.97. The normalized spacial score (nSPS) is 13.8. The average Bonchev–Trinajstić information content (AvgIpc) is 2.46. The van der Waals surface area contributed by atoms with Crippen molar-refractivity contribution < 1.29 is 15.0 Å². The van der Waals surface area contributed by atoms with Crippen LogP contribution in [0.1, 0.15) is 21.5 Å². The number of anilines is 1. The summed E-state index contributed by atoms with van der Waals surface area (Å²) < 4.78 is 0.